The fraction of sp³-hybridized carbons (Fsp3) is 0.185. The molecule has 4 rings (SSSR count). The average Bonchev–Trinajstić information content (AvgIpc) is 3.27. The highest BCUT2D eigenvalue weighted by molar-refractivity contribution is 6.32. The van der Waals surface area contributed by atoms with E-state index in [1.54, 1.807) is 25.3 Å². The molecule has 7 nitrogen and oxygen atoms in total. The number of benzene rings is 3. The Bertz CT molecular complexity index is 1360. The van der Waals surface area contributed by atoms with Gasteiger partial charge in [-0.2, -0.15) is 0 Å². The molecule has 8 heteroatoms. The third-order valence-corrected chi connectivity index (χ3v) is 5.89. The van der Waals surface area contributed by atoms with E-state index < -0.39 is 0 Å². The first-order chi connectivity index (χ1) is 16.9. The number of anilines is 2. The van der Waals surface area contributed by atoms with Gasteiger partial charge in [-0.25, -0.2) is 0 Å². The second kappa shape index (κ2) is 11.0. The van der Waals surface area contributed by atoms with Crippen LogP contribution in [0.15, 0.2) is 77.9 Å². The van der Waals surface area contributed by atoms with Gasteiger partial charge in [0, 0.05) is 54.7 Å². The molecule has 0 aliphatic rings. The van der Waals surface area contributed by atoms with E-state index >= 15 is 0 Å². The van der Waals surface area contributed by atoms with Gasteiger partial charge < -0.3 is 19.9 Å². The molecule has 0 saturated carbocycles. The number of nitrogens with one attached hydrogen (secondary N) is 3. The summed E-state index contributed by atoms with van der Waals surface area (Å²) in [7, 11) is 5.43. The lowest BCUT2D eigenvalue weighted by Crippen LogP contribution is -2.36. The molecule has 0 atom stereocenters. The summed E-state index contributed by atoms with van der Waals surface area (Å²) in [6.07, 6.45) is 2.71. The van der Waals surface area contributed by atoms with E-state index in [0.717, 1.165) is 11.2 Å². The van der Waals surface area contributed by atoms with Gasteiger partial charge in [0.1, 0.15) is 5.75 Å². The number of aromatic amines is 1. The summed E-state index contributed by atoms with van der Waals surface area (Å²) in [4.78, 5) is 23.0. The van der Waals surface area contributed by atoms with Gasteiger partial charge >= 0.3 is 0 Å². The number of fused-ring (bicyclic) bond motifs is 1. The monoisotopic (exact) mass is 489 g/mol. The number of amides is 1. The van der Waals surface area contributed by atoms with Crippen LogP contribution in [0.4, 0.5) is 11.4 Å². The number of guanidine groups is 1. The van der Waals surface area contributed by atoms with E-state index in [-0.39, 0.29) is 5.91 Å². The summed E-state index contributed by atoms with van der Waals surface area (Å²) in [5.74, 6) is 0.651. The standard InChI is InChI=1S/C27H28ClN5O2/c1-33(2)21-8-6-7-18(15-21)26(34)32-27(31-20-11-12-25(35-3)23(28)16-20)29-14-13-19-17-30-24-10-5-4-9-22(19)24/h4-12,15-17,30H,13-14H2,1-3H3,(H2,29,31,32,34). The first kappa shape index (κ1) is 24.2. The Morgan fingerprint density at radius 2 is 1.91 bits per heavy atom. The number of H-pyrrole nitrogens is 1. The normalized spacial score (nSPS) is 11.4. The van der Waals surface area contributed by atoms with Crippen LogP contribution >= 0.6 is 11.6 Å². The summed E-state index contributed by atoms with van der Waals surface area (Å²) in [5.41, 5.74) is 4.41. The highest BCUT2D eigenvalue weighted by atomic mass is 35.5. The number of hydrogen-bond acceptors (Lipinski definition) is 4. The van der Waals surface area contributed by atoms with Gasteiger partial charge in [0.15, 0.2) is 0 Å². The maximum absolute atomic E-state index is 13.1. The van der Waals surface area contributed by atoms with Gasteiger partial charge in [0.05, 0.1) is 12.1 Å². The van der Waals surface area contributed by atoms with E-state index in [1.807, 2.05) is 67.7 Å². The zero-order valence-corrected chi connectivity index (χ0v) is 20.7. The maximum Gasteiger partial charge on any atom is 0.258 e. The lowest BCUT2D eigenvalue weighted by Gasteiger charge is -2.15. The molecule has 4 aromatic rings. The number of halogens is 1. The number of methoxy groups -OCH3 is 1. The molecule has 0 aliphatic carbocycles. The van der Waals surface area contributed by atoms with Gasteiger partial charge in [0.2, 0.25) is 5.96 Å². The Morgan fingerprint density at radius 3 is 2.69 bits per heavy atom. The van der Waals surface area contributed by atoms with Crippen molar-refractivity contribution in [2.75, 3.05) is 38.0 Å². The fourth-order valence-electron chi connectivity index (χ4n) is 3.72. The largest absolute Gasteiger partial charge is 0.495 e. The zero-order valence-electron chi connectivity index (χ0n) is 19.9. The Kier molecular flexibility index (Phi) is 7.57. The molecular weight excluding hydrogens is 462 g/mol. The van der Waals surface area contributed by atoms with Gasteiger partial charge in [-0.15, -0.1) is 0 Å². The minimum atomic E-state index is -0.258. The highest BCUT2D eigenvalue weighted by Crippen LogP contribution is 2.27. The van der Waals surface area contributed by atoms with Gasteiger partial charge in [-0.05, 0) is 54.4 Å². The second-order valence-corrected chi connectivity index (χ2v) is 8.62. The number of para-hydroxylation sites is 1. The van der Waals surface area contributed by atoms with Crippen LogP contribution in [0, 0.1) is 0 Å². The molecule has 35 heavy (non-hydrogen) atoms. The minimum absolute atomic E-state index is 0.258. The molecule has 1 amide bonds. The summed E-state index contributed by atoms with van der Waals surface area (Å²) in [6.45, 7) is 0.478. The number of rotatable bonds is 7. The van der Waals surface area contributed by atoms with Crippen LogP contribution in [0.3, 0.4) is 0 Å². The van der Waals surface area contributed by atoms with Crippen LogP contribution in [0.25, 0.3) is 10.9 Å². The summed E-state index contributed by atoms with van der Waals surface area (Å²) < 4.78 is 5.23. The first-order valence-electron chi connectivity index (χ1n) is 11.2. The van der Waals surface area contributed by atoms with Crippen molar-refractivity contribution in [2.24, 2.45) is 4.99 Å². The molecule has 180 valence electrons. The number of aromatic nitrogens is 1. The van der Waals surface area contributed by atoms with Crippen LogP contribution in [-0.4, -0.2) is 44.6 Å². The third kappa shape index (κ3) is 5.94. The predicted molar refractivity (Wildman–Crippen MR) is 144 cm³/mol. The van der Waals surface area contributed by atoms with E-state index in [1.165, 1.54) is 10.9 Å². The van der Waals surface area contributed by atoms with Crippen LogP contribution in [-0.2, 0) is 6.42 Å². The van der Waals surface area contributed by atoms with Crippen molar-refractivity contribution in [1.82, 2.24) is 10.3 Å². The average molecular weight is 490 g/mol. The molecule has 3 aromatic carbocycles. The summed E-state index contributed by atoms with van der Waals surface area (Å²) in [6, 6.07) is 20.9. The molecule has 0 radical (unpaired) electrons. The number of ether oxygens (including phenoxy) is 1. The van der Waals surface area contributed by atoms with Crippen LogP contribution < -0.4 is 20.3 Å². The quantitative estimate of drug-likeness (QED) is 0.242. The molecule has 1 heterocycles. The zero-order chi connectivity index (χ0) is 24.8. The van der Waals surface area contributed by atoms with Crippen molar-refractivity contribution in [2.45, 2.75) is 6.42 Å². The Labute approximate surface area is 209 Å². The minimum Gasteiger partial charge on any atom is -0.495 e. The van der Waals surface area contributed by atoms with Crippen molar-refractivity contribution >= 4 is 45.7 Å². The van der Waals surface area contributed by atoms with E-state index in [9.17, 15) is 4.79 Å². The van der Waals surface area contributed by atoms with Crippen LogP contribution in [0.1, 0.15) is 15.9 Å². The molecule has 3 N–H and O–H groups in total. The molecule has 0 aliphatic heterocycles. The molecule has 0 spiro atoms. The van der Waals surface area contributed by atoms with Gasteiger partial charge in [-0.3, -0.25) is 15.1 Å². The van der Waals surface area contributed by atoms with Crippen molar-refractivity contribution < 1.29 is 9.53 Å². The number of carbonyl (C=O) groups is 1. The molecular formula is C27H28ClN5O2. The molecule has 0 saturated heterocycles. The molecule has 1 aromatic heterocycles. The summed E-state index contributed by atoms with van der Waals surface area (Å²) in [5, 5.41) is 7.73. The van der Waals surface area contributed by atoms with Crippen LogP contribution in [0.5, 0.6) is 5.75 Å². The van der Waals surface area contributed by atoms with Crippen LogP contribution in [0.2, 0.25) is 5.02 Å². The number of nitrogens with zero attached hydrogens (tertiary/aromatic N) is 2. The van der Waals surface area contributed by atoms with E-state index in [2.05, 4.69) is 26.7 Å². The van der Waals surface area contributed by atoms with Crippen molar-refractivity contribution in [3.05, 3.63) is 89.1 Å². The summed E-state index contributed by atoms with van der Waals surface area (Å²) >= 11 is 6.29. The maximum atomic E-state index is 13.1. The van der Waals surface area contributed by atoms with Crippen molar-refractivity contribution in [3.8, 4) is 5.75 Å². The first-order valence-corrected chi connectivity index (χ1v) is 11.6. The topological polar surface area (TPSA) is 81.7 Å². The third-order valence-electron chi connectivity index (χ3n) is 5.60. The number of hydrogen-bond donors (Lipinski definition) is 3. The second-order valence-electron chi connectivity index (χ2n) is 8.21. The Balaban J connectivity index is 1.55. The highest BCUT2D eigenvalue weighted by Gasteiger charge is 2.12. The number of aliphatic imine (C=N–C) groups is 1. The number of carbonyl (C=O) groups excluding carboxylic acids is 1. The van der Waals surface area contributed by atoms with Crippen molar-refractivity contribution in [1.29, 1.82) is 0 Å². The lowest BCUT2D eigenvalue weighted by molar-refractivity contribution is 0.0977. The molecule has 0 fully saturated rings. The fourth-order valence-corrected chi connectivity index (χ4v) is 3.98. The predicted octanol–water partition coefficient (Wildman–Crippen LogP) is 5.34. The molecule has 0 bridgehead atoms. The smallest absolute Gasteiger partial charge is 0.258 e. The SMILES string of the molecule is COc1ccc(NC(=NCCc2c[nH]c3ccccc23)NC(=O)c2cccc(N(C)C)c2)cc1Cl. The Morgan fingerprint density at radius 1 is 1.09 bits per heavy atom. The molecule has 0 unspecified atom stereocenters. The van der Waals surface area contributed by atoms with Crippen molar-refractivity contribution in [3.63, 3.8) is 0 Å². The lowest BCUT2D eigenvalue weighted by atomic mass is 10.1. The van der Waals surface area contributed by atoms with E-state index in [0.29, 0.717) is 40.9 Å². The Hall–Kier alpha value is -3.97. The van der Waals surface area contributed by atoms with E-state index in [4.69, 9.17) is 16.3 Å². The van der Waals surface area contributed by atoms with Gasteiger partial charge in [0.25, 0.3) is 5.91 Å². The van der Waals surface area contributed by atoms with Gasteiger partial charge in [-0.1, -0.05) is 35.9 Å².